The first-order chi connectivity index (χ1) is 18.0. The summed E-state index contributed by atoms with van der Waals surface area (Å²) in [6.45, 7) is 3.78. The zero-order valence-corrected chi connectivity index (χ0v) is 23.4. The minimum absolute atomic E-state index is 0.251. The Morgan fingerprint density at radius 2 is 1.82 bits per heavy atom. The molecule has 1 unspecified atom stereocenters. The minimum Gasteiger partial charge on any atom is -0.598 e. The van der Waals surface area contributed by atoms with Crippen molar-refractivity contribution in [3.63, 3.8) is 0 Å². The van der Waals surface area contributed by atoms with Crippen molar-refractivity contribution in [2.45, 2.75) is 38.5 Å². The lowest BCUT2D eigenvalue weighted by Crippen LogP contribution is -2.31. The number of benzene rings is 2. The van der Waals surface area contributed by atoms with E-state index >= 15 is 0 Å². The van der Waals surface area contributed by atoms with Crippen molar-refractivity contribution < 1.29 is 22.2 Å². The molecule has 2 N–H and O–H groups in total. The predicted molar refractivity (Wildman–Crippen MR) is 148 cm³/mol. The normalized spacial score (nSPS) is 13.3. The molecule has 0 aliphatic rings. The fourth-order valence-electron chi connectivity index (χ4n) is 3.97. The Labute approximate surface area is 225 Å². The van der Waals surface area contributed by atoms with Crippen molar-refractivity contribution >= 4 is 27.2 Å². The molecule has 3 aromatic rings. The maximum atomic E-state index is 13.5. The lowest BCUT2D eigenvalue weighted by atomic mass is 9.89. The van der Waals surface area contributed by atoms with Gasteiger partial charge < -0.3 is 9.12 Å². The summed E-state index contributed by atoms with van der Waals surface area (Å²) in [5.74, 6) is -0.745. The zero-order chi connectivity index (χ0) is 28.0. The average molecular weight is 562 g/mol. The topological polar surface area (TPSA) is 120 Å². The van der Waals surface area contributed by atoms with Gasteiger partial charge in [-0.1, -0.05) is 25.5 Å². The molecule has 11 heteroatoms. The van der Waals surface area contributed by atoms with Gasteiger partial charge in [0.1, 0.15) is 11.6 Å². The predicted octanol–water partition coefficient (Wildman–Crippen LogP) is 3.59. The van der Waals surface area contributed by atoms with Crippen LogP contribution in [0.2, 0.25) is 0 Å². The molecule has 0 aliphatic heterocycles. The van der Waals surface area contributed by atoms with E-state index in [9.17, 15) is 27.0 Å². The Morgan fingerprint density at radius 1 is 1.13 bits per heavy atom. The van der Waals surface area contributed by atoms with Gasteiger partial charge in [0.05, 0.1) is 11.8 Å². The van der Waals surface area contributed by atoms with E-state index in [1.54, 1.807) is 32.3 Å². The van der Waals surface area contributed by atoms with Gasteiger partial charge in [-0.3, -0.25) is 9.59 Å². The summed E-state index contributed by atoms with van der Waals surface area (Å²) in [6, 6.07) is 10.7. The summed E-state index contributed by atoms with van der Waals surface area (Å²) in [5, 5.41) is 0. The largest absolute Gasteiger partial charge is 0.598 e. The van der Waals surface area contributed by atoms with E-state index in [-0.39, 0.29) is 22.4 Å². The number of pyridine rings is 1. The number of ketones is 1. The molecular weight excluding hydrogens is 529 g/mol. The monoisotopic (exact) mass is 561 g/mol. The first-order valence-electron chi connectivity index (χ1n) is 12.2. The number of carbonyl (C=O) groups is 1. The molecule has 3 rings (SSSR count). The van der Waals surface area contributed by atoms with Gasteiger partial charge in [-0.05, 0) is 67.4 Å². The number of aryl methyl sites for hydroxylation is 1. The lowest BCUT2D eigenvalue weighted by Gasteiger charge is -2.21. The van der Waals surface area contributed by atoms with Crippen molar-refractivity contribution in [2.75, 3.05) is 12.8 Å². The summed E-state index contributed by atoms with van der Waals surface area (Å²) in [5.41, 5.74) is 2.06. The van der Waals surface area contributed by atoms with E-state index in [4.69, 9.17) is 0 Å². The maximum absolute atomic E-state index is 13.5. The van der Waals surface area contributed by atoms with Crippen molar-refractivity contribution in [3.05, 3.63) is 93.2 Å². The van der Waals surface area contributed by atoms with Crippen LogP contribution in [0.25, 0.3) is 11.1 Å². The molecule has 38 heavy (non-hydrogen) atoms. The molecule has 0 fully saturated rings. The van der Waals surface area contributed by atoms with Gasteiger partial charge in [0, 0.05) is 47.4 Å². The number of rotatable bonds is 12. The maximum Gasteiger partial charge on any atom is 0.250 e. The van der Waals surface area contributed by atoms with Gasteiger partial charge in [-0.25, -0.2) is 17.5 Å². The van der Waals surface area contributed by atoms with Crippen molar-refractivity contribution in [1.82, 2.24) is 14.0 Å². The molecular formula is C27H32FN3O5S2. The van der Waals surface area contributed by atoms with Gasteiger partial charge in [0.15, 0.2) is 5.78 Å². The Bertz CT molecular complexity index is 1460. The van der Waals surface area contributed by atoms with E-state index in [0.29, 0.717) is 28.0 Å². The summed E-state index contributed by atoms with van der Waals surface area (Å²) < 4.78 is 57.3. The van der Waals surface area contributed by atoms with E-state index in [0.717, 1.165) is 12.8 Å². The fraction of sp³-hybridized carbons (Fsp3) is 0.333. The number of unbranched alkanes of at least 4 members (excludes halogenated alkanes) is 1. The zero-order valence-electron chi connectivity index (χ0n) is 21.8. The van der Waals surface area contributed by atoms with Crippen LogP contribution in [0, 0.1) is 5.82 Å². The molecule has 0 saturated heterocycles. The number of carbonyl (C=O) groups excluding carboxylic acids is 1. The number of aromatic nitrogens is 1. The number of hydrogen-bond acceptors (Lipinski definition) is 6. The second kappa shape index (κ2) is 12.8. The average Bonchev–Trinajstić information content (AvgIpc) is 2.88. The Kier molecular flexibility index (Phi) is 10.0. The van der Waals surface area contributed by atoms with Gasteiger partial charge in [-0.15, -0.1) is 4.72 Å². The number of nitrogens with one attached hydrogen (secondary N) is 2. The number of sulfonamides is 1. The van der Waals surface area contributed by atoms with Crippen LogP contribution < -0.4 is 15.0 Å². The van der Waals surface area contributed by atoms with Crippen LogP contribution in [0.4, 0.5) is 4.39 Å². The SMILES string of the molecule is CCCC[S+]([O-])N[C@@H](C)c1cc(=O)n(C)cc1-c1cc(CS(=O)(=O)NC)ccc1C(=O)c1ccc(F)cc1. The second-order valence-corrected chi connectivity index (χ2v) is 12.3. The van der Waals surface area contributed by atoms with Crippen LogP contribution in [-0.2, 0) is 34.2 Å². The summed E-state index contributed by atoms with van der Waals surface area (Å²) in [4.78, 5) is 26.2. The standard InChI is InChI=1S/C27H32FN3O5S2/c1-5-6-13-37(34)30-18(2)23-15-26(32)31(4)16-25(23)24-14-19(17-38(35,36)29-3)7-12-22(24)27(33)20-8-10-21(28)11-9-20/h7-12,14-16,18,29-30H,5-6,13,17H2,1-4H3/t18-,37?/m0/s1. The molecule has 0 aliphatic carbocycles. The van der Waals surface area contributed by atoms with Crippen molar-refractivity contribution in [2.24, 2.45) is 7.05 Å². The first kappa shape index (κ1) is 29.7. The molecule has 1 heterocycles. The number of halogens is 1. The van der Waals surface area contributed by atoms with Crippen LogP contribution in [0.3, 0.4) is 0 Å². The third-order valence-corrected chi connectivity index (χ3v) is 8.72. The van der Waals surface area contributed by atoms with Gasteiger partial charge >= 0.3 is 0 Å². The van der Waals surface area contributed by atoms with Gasteiger partial charge in [0.25, 0.3) is 5.56 Å². The Hall–Kier alpha value is -2.83. The minimum atomic E-state index is -3.61. The molecule has 2 atom stereocenters. The van der Waals surface area contributed by atoms with Crippen LogP contribution in [0.1, 0.15) is 59.8 Å². The van der Waals surface area contributed by atoms with Crippen molar-refractivity contribution in [1.29, 1.82) is 0 Å². The Balaban J connectivity index is 2.21. The summed E-state index contributed by atoms with van der Waals surface area (Å²) in [6.07, 6.45) is 3.24. The van der Waals surface area contributed by atoms with Gasteiger partial charge in [-0.2, -0.15) is 0 Å². The van der Waals surface area contributed by atoms with Crippen LogP contribution in [0.5, 0.6) is 0 Å². The highest BCUT2D eigenvalue weighted by atomic mass is 32.2. The summed E-state index contributed by atoms with van der Waals surface area (Å²) >= 11 is -1.34. The quantitative estimate of drug-likeness (QED) is 0.258. The molecule has 2 aromatic carbocycles. The number of hydrogen-bond donors (Lipinski definition) is 2. The highest BCUT2D eigenvalue weighted by Crippen LogP contribution is 2.33. The Morgan fingerprint density at radius 3 is 2.45 bits per heavy atom. The summed E-state index contributed by atoms with van der Waals surface area (Å²) in [7, 11) is -0.720. The molecule has 0 spiro atoms. The number of nitrogens with zero attached hydrogens (tertiary/aromatic N) is 1. The third kappa shape index (κ3) is 7.39. The van der Waals surface area contributed by atoms with Crippen LogP contribution in [-0.4, -0.2) is 36.1 Å². The fourth-order valence-corrected chi connectivity index (χ4v) is 5.93. The molecule has 0 amide bonds. The highest BCUT2D eigenvalue weighted by Gasteiger charge is 2.24. The van der Waals surface area contributed by atoms with Crippen LogP contribution in [0.15, 0.2) is 59.5 Å². The lowest BCUT2D eigenvalue weighted by molar-refractivity contribution is 0.103. The van der Waals surface area contributed by atoms with E-state index in [1.807, 2.05) is 6.92 Å². The second-order valence-electron chi connectivity index (χ2n) is 9.01. The first-order valence-corrected chi connectivity index (χ1v) is 15.1. The molecule has 0 bridgehead atoms. The van der Waals surface area contributed by atoms with Crippen molar-refractivity contribution in [3.8, 4) is 11.1 Å². The molecule has 1 aromatic heterocycles. The molecule has 204 valence electrons. The van der Waals surface area contributed by atoms with Crippen LogP contribution >= 0.6 is 0 Å². The smallest absolute Gasteiger partial charge is 0.250 e. The molecule has 0 saturated carbocycles. The highest BCUT2D eigenvalue weighted by molar-refractivity contribution is 7.89. The van der Waals surface area contributed by atoms with E-state index in [2.05, 4.69) is 9.44 Å². The van der Waals surface area contributed by atoms with E-state index in [1.165, 1.54) is 48.0 Å². The molecule has 0 radical (unpaired) electrons. The van der Waals surface area contributed by atoms with E-state index < -0.39 is 39.0 Å². The van der Waals surface area contributed by atoms with Gasteiger partial charge in [0.2, 0.25) is 10.0 Å². The third-order valence-electron chi connectivity index (χ3n) is 6.11. The molecule has 8 nitrogen and oxygen atoms in total.